The summed E-state index contributed by atoms with van der Waals surface area (Å²) in [6.07, 6.45) is 1.27. The molecule has 0 radical (unpaired) electrons. The minimum absolute atomic E-state index is 0.120. The molecule has 1 aliphatic heterocycles. The Balaban J connectivity index is 1.36. The van der Waals surface area contributed by atoms with Gasteiger partial charge in [-0.3, -0.25) is 4.98 Å². The van der Waals surface area contributed by atoms with Crippen molar-refractivity contribution in [2.45, 2.75) is 30.5 Å². The second kappa shape index (κ2) is 11.6. The van der Waals surface area contributed by atoms with Crippen LogP contribution in [0.3, 0.4) is 0 Å². The summed E-state index contributed by atoms with van der Waals surface area (Å²) in [4.78, 5) is 17.1. The van der Waals surface area contributed by atoms with Crippen molar-refractivity contribution in [2.24, 2.45) is 0 Å². The predicted octanol–water partition coefficient (Wildman–Crippen LogP) is 5.46. The molecule has 1 aliphatic rings. The van der Waals surface area contributed by atoms with Crippen LogP contribution in [0.25, 0.3) is 0 Å². The van der Waals surface area contributed by atoms with Crippen molar-refractivity contribution in [2.75, 3.05) is 19.7 Å². The first-order valence-electron chi connectivity index (χ1n) is 13.0. The van der Waals surface area contributed by atoms with Crippen LogP contribution in [0.5, 0.6) is 0 Å². The monoisotopic (exact) mass is 508 g/mol. The number of hydrogen-bond donors (Lipinski definition) is 2. The summed E-state index contributed by atoms with van der Waals surface area (Å²) in [6, 6.07) is 34.9. The second-order valence-electron chi connectivity index (χ2n) is 9.65. The molecule has 0 aliphatic carbocycles. The lowest BCUT2D eigenvalue weighted by Gasteiger charge is -2.36. The van der Waals surface area contributed by atoms with Crippen molar-refractivity contribution in [3.8, 4) is 0 Å². The van der Waals surface area contributed by atoms with Crippen molar-refractivity contribution in [1.29, 1.82) is 0 Å². The van der Waals surface area contributed by atoms with Crippen LogP contribution in [-0.4, -0.2) is 52.0 Å². The van der Waals surface area contributed by atoms with Gasteiger partial charge in [-0.05, 0) is 34.7 Å². The van der Waals surface area contributed by atoms with Gasteiger partial charge < -0.3 is 19.8 Å². The van der Waals surface area contributed by atoms with Gasteiger partial charge in [-0.2, -0.15) is 0 Å². The fraction of sp³-hybridized carbons (Fsp3) is 0.250. The van der Waals surface area contributed by atoms with Gasteiger partial charge in [-0.25, -0.2) is 4.79 Å². The van der Waals surface area contributed by atoms with Crippen LogP contribution >= 0.6 is 0 Å². The number of likely N-dealkylation sites (tertiary alicyclic amines) is 1. The molecule has 38 heavy (non-hydrogen) atoms. The number of aromatic nitrogens is 1. The minimum atomic E-state index is -0.992. The van der Waals surface area contributed by atoms with Gasteiger partial charge in [0, 0.05) is 30.8 Å². The van der Waals surface area contributed by atoms with Gasteiger partial charge in [0.2, 0.25) is 0 Å². The number of aliphatic hydroxyl groups is 1. The topological polar surface area (TPSA) is 82.9 Å². The van der Waals surface area contributed by atoms with Crippen molar-refractivity contribution in [3.05, 3.63) is 137 Å². The number of aliphatic hydroxyl groups excluding tert-OH is 1. The first-order valence-corrected chi connectivity index (χ1v) is 13.0. The summed E-state index contributed by atoms with van der Waals surface area (Å²) in [5, 5.41) is 19.7. The van der Waals surface area contributed by atoms with E-state index in [1.807, 2.05) is 66.7 Å². The highest BCUT2D eigenvalue weighted by atomic mass is 16.5. The Labute approximate surface area is 223 Å². The van der Waals surface area contributed by atoms with E-state index in [0.29, 0.717) is 26.0 Å². The molecule has 1 aromatic heterocycles. The first kappa shape index (κ1) is 25.6. The molecule has 5 rings (SSSR count). The Morgan fingerprint density at radius 1 is 0.868 bits per heavy atom. The van der Waals surface area contributed by atoms with E-state index in [2.05, 4.69) is 41.4 Å². The third-order valence-corrected chi connectivity index (χ3v) is 7.35. The van der Waals surface area contributed by atoms with Gasteiger partial charge in [0.05, 0.1) is 19.3 Å². The van der Waals surface area contributed by atoms with E-state index >= 15 is 0 Å². The molecule has 0 bridgehead atoms. The SMILES string of the molecule is O=C(O)N1CCC(c2ccc(CCOC(c3ccccc3)(c3ccccc3)c3ccccc3)nc2)C(O)C1. The molecule has 6 nitrogen and oxygen atoms in total. The lowest BCUT2D eigenvalue weighted by molar-refractivity contribution is 0.0144. The van der Waals surface area contributed by atoms with Gasteiger partial charge in [0.1, 0.15) is 5.60 Å². The second-order valence-corrected chi connectivity index (χ2v) is 9.65. The number of hydrogen-bond acceptors (Lipinski definition) is 4. The molecular weight excluding hydrogens is 476 g/mol. The molecule has 1 amide bonds. The van der Waals surface area contributed by atoms with Crippen LogP contribution in [0.1, 0.15) is 40.3 Å². The van der Waals surface area contributed by atoms with Crippen molar-refractivity contribution in [3.63, 3.8) is 0 Å². The molecular formula is C32H32N2O4. The lowest BCUT2D eigenvalue weighted by Crippen LogP contribution is -2.45. The maximum atomic E-state index is 11.2. The number of pyridine rings is 1. The number of carboxylic acid groups (broad SMARTS) is 1. The Morgan fingerprint density at radius 3 is 1.87 bits per heavy atom. The molecule has 1 saturated heterocycles. The average molecular weight is 509 g/mol. The summed E-state index contributed by atoms with van der Waals surface area (Å²) < 4.78 is 6.85. The molecule has 6 heteroatoms. The average Bonchev–Trinajstić information content (AvgIpc) is 2.97. The zero-order valence-electron chi connectivity index (χ0n) is 21.2. The van der Waals surface area contributed by atoms with Gasteiger partial charge in [-0.15, -0.1) is 0 Å². The highest BCUT2D eigenvalue weighted by molar-refractivity contribution is 5.65. The van der Waals surface area contributed by atoms with Crippen molar-refractivity contribution >= 4 is 6.09 Å². The van der Waals surface area contributed by atoms with E-state index in [0.717, 1.165) is 27.9 Å². The smallest absolute Gasteiger partial charge is 0.407 e. The van der Waals surface area contributed by atoms with Gasteiger partial charge >= 0.3 is 6.09 Å². The van der Waals surface area contributed by atoms with Crippen molar-refractivity contribution < 1.29 is 19.7 Å². The zero-order valence-corrected chi connectivity index (χ0v) is 21.2. The zero-order chi connectivity index (χ0) is 26.4. The summed E-state index contributed by atoms with van der Waals surface area (Å²) in [7, 11) is 0. The fourth-order valence-corrected chi connectivity index (χ4v) is 5.37. The van der Waals surface area contributed by atoms with Crippen LogP contribution in [0.2, 0.25) is 0 Å². The number of benzene rings is 3. The van der Waals surface area contributed by atoms with Crippen LogP contribution in [0.4, 0.5) is 4.79 Å². The van der Waals surface area contributed by atoms with Crippen LogP contribution in [0.15, 0.2) is 109 Å². The Morgan fingerprint density at radius 2 is 1.42 bits per heavy atom. The number of piperidine rings is 1. The predicted molar refractivity (Wildman–Crippen MR) is 146 cm³/mol. The maximum Gasteiger partial charge on any atom is 0.407 e. The Hall–Kier alpha value is -4.00. The van der Waals surface area contributed by atoms with Gasteiger partial charge in [0.15, 0.2) is 0 Å². The Kier molecular flexibility index (Phi) is 7.82. The fourth-order valence-electron chi connectivity index (χ4n) is 5.37. The van der Waals surface area contributed by atoms with E-state index < -0.39 is 17.8 Å². The molecule has 2 unspecified atom stereocenters. The summed E-state index contributed by atoms with van der Waals surface area (Å²) in [5.74, 6) is -0.120. The Bertz CT molecular complexity index is 1220. The van der Waals surface area contributed by atoms with Crippen LogP contribution in [0, 0.1) is 0 Å². The number of amides is 1. The summed E-state index contributed by atoms with van der Waals surface area (Å²) in [6.45, 7) is 0.980. The number of ether oxygens (including phenoxy) is 1. The molecule has 0 saturated carbocycles. The number of nitrogens with zero attached hydrogens (tertiary/aromatic N) is 2. The van der Waals surface area contributed by atoms with Crippen LogP contribution < -0.4 is 0 Å². The summed E-state index contributed by atoms with van der Waals surface area (Å²) in [5.41, 5.74) is 4.23. The lowest BCUT2D eigenvalue weighted by atomic mass is 9.80. The highest BCUT2D eigenvalue weighted by Gasteiger charge is 2.37. The van der Waals surface area contributed by atoms with E-state index in [1.54, 1.807) is 6.20 Å². The highest BCUT2D eigenvalue weighted by Crippen LogP contribution is 2.40. The molecule has 2 N–H and O–H groups in total. The maximum absolute atomic E-state index is 11.2. The minimum Gasteiger partial charge on any atom is -0.465 e. The third kappa shape index (κ3) is 5.32. The van der Waals surface area contributed by atoms with Gasteiger partial charge in [-0.1, -0.05) is 97.1 Å². The van der Waals surface area contributed by atoms with E-state index in [4.69, 9.17) is 4.74 Å². The van der Waals surface area contributed by atoms with E-state index in [9.17, 15) is 15.0 Å². The third-order valence-electron chi connectivity index (χ3n) is 7.35. The van der Waals surface area contributed by atoms with Crippen LogP contribution in [-0.2, 0) is 16.8 Å². The standard InChI is InChI=1S/C32H32N2O4/c35-30-23-34(31(36)37)20-18-29(30)24-16-17-28(33-22-24)19-21-38-32(25-10-4-1-5-11-25,26-12-6-2-7-13-26)27-14-8-3-9-15-27/h1-17,22,29-30,35H,18-21,23H2,(H,36,37). The van der Waals surface area contributed by atoms with Crippen molar-refractivity contribution in [1.82, 2.24) is 9.88 Å². The molecule has 2 atom stereocenters. The molecule has 0 spiro atoms. The molecule has 3 aromatic carbocycles. The number of carbonyl (C=O) groups is 1. The largest absolute Gasteiger partial charge is 0.465 e. The van der Waals surface area contributed by atoms with E-state index in [1.165, 1.54) is 4.90 Å². The molecule has 4 aromatic rings. The molecule has 1 fully saturated rings. The normalized spacial score (nSPS) is 17.8. The number of rotatable bonds is 8. The molecule has 2 heterocycles. The van der Waals surface area contributed by atoms with Gasteiger partial charge in [0.25, 0.3) is 0 Å². The van der Waals surface area contributed by atoms with E-state index in [-0.39, 0.29) is 12.5 Å². The first-order chi connectivity index (χ1) is 18.6. The summed E-state index contributed by atoms with van der Waals surface area (Å²) >= 11 is 0. The molecule has 194 valence electrons. The quantitative estimate of drug-likeness (QED) is 0.309. The number of β-amino-alcohol motifs (C(OH)–C–C–N with tert-alkyl or cyclic N) is 1.